The minimum Gasteiger partial charge on any atom is -0.342 e. The molecule has 0 spiro atoms. The molecule has 4 heteroatoms. The average Bonchev–Trinajstić information content (AvgIpc) is 2.98. The highest BCUT2D eigenvalue weighted by Crippen LogP contribution is 2.17. The lowest BCUT2D eigenvalue weighted by Crippen LogP contribution is -2.42. The summed E-state index contributed by atoms with van der Waals surface area (Å²) < 4.78 is 0. The molecule has 0 radical (unpaired) electrons. The summed E-state index contributed by atoms with van der Waals surface area (Å²) in [4.78, 5) is 10.7. The van der Waals surface area contributed by atoms with Crippen molar-refractivity contribution in [2.75, 3.05) is 26.2 Å². The van der Waals surface area contributed by atoms with Gasteiger partial charge >= 0.3 is 0 Å². The Kier molecular flexibility index (Phi) is 4.09. The molecule has 0 unspecified atom stereocenters. The molecule has 118 valence electrons. The SMILES string of the molecule is c1ccc(Cc2nc3ccc(CN4CCNCC4)cc3[nH]2)cc1. The van der Waals surface area contributed by atoms with E-state index in [0.29, 0.717) is 0 Å². The van der Waals surface area contributed by atoms with E-state index in [9.17, 15) is 0 Å². The van der Waals surface area contributed by atoms with E-state index in [0.717, 1.165) is 56.0 Å². The van der Waals surface area contributed by atoms with E-state index in [1.807, 2.05) is 6.07 Å². The van der Waals surface area contributed by atoms with E-state index >= 15 is 0 Å². The summed E-state index contributed by atoms with van der Waals surface area (Å²) in [5.41, 5.74) is 4.84. The topological polar surface area (TPSA) is 44.0 Å². The van der Waals surface area contributed by atoms with Gasteiger partial charge in [0.25, 0.3) is 0 Å². The molecule has 0 aliphatic carbocycles. The van der Waals surface area contributed by atoms with E-state index in [4.69, 9.17) is 4.98 Å². The van der Waals surface area contributed by atoms with Gasteiger partial charge in [0.05, 0.1) is 11.0 Å². The lowest BCUT2D eigenvalue weighted by atomic mass is 10.1. The van der Waals surface area contributed by atoms with E-state index in [1.165, 1.54) is 11.1 Å². The largest absolute Gasteiger partial charge is 0.342 e. The van der Waals surface area contributed by atoms with Gasteiger partial charge in [-0.25, -0.2) is 4.98 Å². The van der Waals surface area contributed by atoms with Crippen LogP contribution in [0, 0.1) is 0 Å². The van der Waals surface area contributed by atoms with Crippen LogP contribution in [0.15, 0.2) is 48.5 Å². The van der Waals surface area contributed by atoms with Crippen LogP contribution in [0.1, 0.15) is 17.0 Å². The molecule has 0 amide bonds. The summed E-state index contributed by atoms with van der Waals surface area (Å²) in [6, 6.07) is 17.1. The van der Waals surface area contributed by atoms with Crippen molar-refractivity contribution >= 4 is 11.0 Å². The van der Waals surface area contributed by atoms with Crippen molar-refractivity contribution in [3.05, 3.63) is 65.5 Å². The van der Waals surface area contributed by atoms with E-state index in [1.54, 1.807) is 0 Å². The van der Waals surface area contributed by atoms with E-state index < -0.39 is 0 Å². The molecule has 2 N–H and O–H groups in total. The van der Waals surface area contributed by atoms with Crippen LogP contribution in [0.2, 0.25) is 0 Å². The van der Waals surface area contributed by atoms with Gasteiger partial charge in [-0.2, -0.15) is 0 Å². The molecule has 4 rings (SSSR count). The minimum absolute atomic E-state index is 0.850. The average molecular weight is 306 g/mol. The number of rotatable bonds is 4. The van der Waals surface area contributed by atoms with Crippen LogP contribution in [-0.4, -0.2) is 41.0 Å². The summed E-state index contributed by atoms with van der Waals surface area (Å²) in [6.45, 7) is 5.45. The monoisotopic (exact) mass is 306 g/mol. The fourth-order valence-electron chi connectivity index (χ4n) is 3.21. The van der Waals surface area contributed by atoms with E-state index in [2.05, 4.69) is 57.7 Å². The predicted octanol–water partition coefficient (Wildman–Crippen LogP) is 2.56. The zero-order chi connectivity index (χ0) is 15.5. The third-order valence-electron chi connectivity index (χ3n) is 4.43. The van der Waals surface area contributed by atoms with Crippen LogP contribution < -0.4 is 5.32 Å². The lowest BCUT2D eigenvalue weighted by molar-refractivity contribution is 0.233. The van der Waals surface area contributed by atoms with Crippen LogP contribution in [-0.2, 0) is 13.0 Å². The number of aromatic nitrogens is 2. The Hall–Kier alpha value is -2.17. The maximum Gasteiger partial charge on any atom is 0.111 e. The second kappa shape index (κ2) is 6.52. The molecule has 1 fully saturated rings. The van der Waals surface area contributed by atoms with Crippen LogP contribution in [0.25, 0.3) is 11.0 Å². The maximum atomic E-state index is 4.72. The molecule has 1 aromatic heterocycles. The summed E-state index contributed by atoms with van der Waals surface area (Å²) in [5.74, 6) is 1.03. The summed E-state index contributed by atoms with van der Waals surface area (Å²) in [7, 11) is 0. The zero-order valence-electron chi connectivity index (χ0n) is 13.3. The molecule has 23 heavy (non-hydrogen) atoms. The van der Waals surface area contributed by atoms with Gasteiger partial charge in [-0.1, -0.05) is 36.4 Å². The highest BCUT2D eigenvalue weighted by molar-refractivity contribution is 5.76. The van der Waals surface area contributed by atoms with Crippen LogP contribution in [0.4, 0.5) is 0 Å². The molecule has 0 bridgehead atoms. The molecule has 1 aliphatic rings. The number of fused-ring (bicyclic) bond motifs is 1. The number of piperazine rings is 1. The zero-order valence-corrected chi connectivity index (χ0v) is 13.3. The first kappa shape index (κ1) is 14.4. The number of nitrogens with zero attached hydrogens (tertiary/aromatic N) is 2. The Balaban J connectivity index is 1.52. The summed E-state index contributed by atoms with van der Waals surface area (Å²) >= 11 is 0. The second-order valence-electron chi connectivity index (χ2n) is 6.22. The van der Waals surface area contributed by atoms with Gasteiger partial charge in [-0.3, -0.25) is 4.90 Å². The van der Waals surface area contributed by atoms with Gasteiger partial charge < -0.3 is 10.3 Å². The van der Waals surface area contributed by atoms with Crippen molar-refractivity contribution in [2.24, 2.45) is 0 Å². The van der Waals surface area contributed by atoms with Crippen LogP contribution in [0.3, 0.4) is 0 Å². The van der Waals surface area contributed by atoms with Gasteiger partial charge in [0.2, 0.25) is 0 Å². The normalized spacial score (nSPS) is 16.0. The first-order chi connectivity index (χ1) is 11.4. The molecular weight excluding hydrogens is 284 g/mol. The highest BCUT2D eigenvalue weighted by Gasteiger charge is 2.11. The Morgan fingerprint density at radius 3 is 2.61 bits per heavy atom. The van der Waals surface area contributed by atoms with Crippen molar-refractivity contribution in [3.63, 3.8) is 0 Å². The van der Waals surface area contributed by atoms with Crippen LogP contribution >= 0.6 is 0 Å². The van der Waals surface area contributed by atoms with Gasteiger partial charge in [-0.15, -0.1) is 0 Å². The molecule has 2 aromatic carbocycles. The Bertz CT molecular complexity index is 772. The summed E-state index contributed by atoms with van der Waals surface area (Å²) in [6.07, 6.45) is 0.850. The standard InChI is InChI=1S/C19H22N4/c1-2-4-15(5-3-1)13-19-21-17-7-6-16(12-18(17)22-19)14-23-10-8-20-9-11-23/h1-7,12,20H,8-11,13-14H2,(H,21,22). The number of hydrogen-bond acceptors (Lipinski definition) is 3. The van der Waals surface area contributed by atoms with Gasteiger partial charge in [-0.05, 0) is 23.3 Å². The highest BCUT2D eigenvalue weighted by atomic mass is 15.2. The fraction of sp³-hybridized carbons (Fsp3) is 0.316. The first-order valence-electron chi connectivity index (χ1n) is 8.31. The predicted molar refractivity (Wildman–Crippen MR) is 93.5 cm³/mol. The molecule has 3 aromatic rings. The Morgan fingerprint density at radius 2 is 1.78 bits per heavy atom. The number of hydrogen-bond donors (Lipinski definition) is 2. The van der Waals surface area contributed by atoms with Crippen molar-refractivity contribution in [1.29, 1.82) is 0 Å². The van der Waals surface area contributed by atoms with Gasteiger partial charge in [0.15, 0.2) is 0 Å². The maximum absolute atomic E-state index is 4.72. The van der Waals surface area contributed by atoms with Gasteiger partial charge in [0.1, 0.15) is 5.82 Å². The van der Waals surface area contributed by atoms with Crippen LogP contribution in [0.5, 0.6) is 0 Å². The van der Waals surface area contributed by atoms with E-state index in [-0.39, 0.29) is 0 Å². The number of H-pyrrole nitrogens is 1. The smallest absolute Gasteiger partial charge is 0.111 e. The quantitative estimate of drug-likeness (QED) is 0.778. The molecule has 0 saturated carbocycles. The number of aromatic amines is 1. The number of nitrogens with one attached hydrogen (secondary N) is 2. The molecule has 1 aliphatic heterocycles. The molecule has 2 heterocycles. The van der Waals surface area contributed by atoms with Crippen molar-refractivity contribution < 1.29 is 0 Å². The van der Waals surface area contributed by atoms with Gasteiger partial charge in [0, 0.05) is 39.1 Å². The van der Waals surface area contributed by atoms with Crippen molar-refractivity contribution in [1.82, 2.24) is 20.2 Å². The van der Waals surface area contributed by atoms with Crippen molar-refractivity contribution in [3.8, 4) is 0 Å². The lowest BCUT2D eigenvalue weighted by Gasteiger charge is -2.27. The van der Waals surface area contributed by atoms with Crippen molar-refractivity contribution in [2.45, 2.75) is 13.0 Å². The second-order valence-corrected chi connectivity index (χ2v) is 6.22. The Morgan fingerprint density at radius 1 is 0.957 bits per heavy atom. The molecular formula is C19H22N4. The number of benzene rings is 2. The number of imidazole rings is 1. The third-order valence-corrected chi connectivity index (χ3v) is 4.43. The molecule has 4 nitrogen and oxygen atoms in total. The fourth-order valence-corrected chi connectivity index (χ4v) is 3.21. The molecule has 1 saturated heterocycles. The minimum atomic E-state index is 0.850. The Labute approximate surface area is 136 Å². The summed E-state index contributed by atoms with van der Waals surface area (Å²) in [5, 5.41) is 3.40. The molecule has 0 atom stereocenters. The first-order valence-corrected chi connectivity index (χ1v) is 8.31. The third kappa shape index (κ3) is 3.44.